The third kappa shape index (κ3) is 3.39. The van der Waals surface area contributed by atoms with Crippen LogP contribution in [0.25, 0.3) is 0 Å². The van der Waals surface area contributed by atoms with Crippen molar-refractivity contribution >= 4 is 5.91 Å². The lowest BCUT2D eigenvalue weighted by atomic mass is 9.97. The number of hydrogen-bond acceptors (Lipinski definition) is 4. The molecule has 0 N–H and O–H groups in total. The normalized spacial score (nSPS) is 30.4. The molecule has 3 fully saturated rings. The highest BCUT2D eigenvalue weighted by atomic mass is 16.2. The topological polar surface area (TPSA) is 50.6 Å². The maximum Gasteiger partial charge on any atom is 0.236 e. The van der Waals surface area contributed by atoms with Crippen LogP contribution in [0.5, 0.6) is 0 Å². The third-order valence-corrected chi connectivity index (χ3v) is 5.96. The molecule has 3 saturated heterocycles. The Morgan fingerprint density at radius 1 is 1.04 bits per heavy atom. The standard InChI is InChI=1S/C18H30N4O/c1-18(2,3)21-12-15-4-5-16(13-21)22(15)14-7-10-20(11-8-14)17(23)6-9-19/h14-16H,4-8,10-13H2,1-3H3. The van der Waals surface area contributed by atoms with Gasteiger partial charge in [-0.3, -0.25) is 14.6 Å². The summed E-state index contributed by atoms with van der Waals surface area (Å²) >= 11 is 0. The summed E-state index contributed by atoms with van der Waals surface area (Å²) in [6.07, 6.45) is 4.81. The number of carbonyl (C=O) groups excluding carboxylic acids is 1. The molecule has 0 aromatic carbocycles. The van der Waals surface area contributed by atoms with Gasteiger partial charge in [-0.1, -0.05) is 0 Å². The average molecular weight is 318 g/mol. The minimum absolute atomic E-state index is 0.00599. The lowest BCUT2D eigenvalue weighted by molar-refractivity contribution is -0.132. The van der Waals surface area contributed by atoms with Gasteiger partial charge in [0, 0.05) is 49.8 Å². The van der Waals surface area contributed by atoms with Gasteiger partial charge in [-0.05, 0) is 46.5 Å². The van der Waals surface area contributed by atoms with Crippen molar-refractivity contribution in [1.82, 2.24) is 14.7 Å². The van der Waals surface area contributed by atoms with Crippen molar-refractivity contribution < 1.29 is 4.79 Å². The molecule has 5 heteroatoms. The van der Waals surface area contributed by atoms with Gasteiger partial charge in [-0.2, -0.15) is 5.26 Å². The zero-order chi connectivity index (χ0) is 16.6. The number of rotatable bonds is 2. The van der Waals surface area contributed by atoms with Gasteiger partial charge in [0.15, 0.2) is 0 Å². The van der Waals surface area contributed by atoms with Crippen molar-refractivity contribution in [2.75, 3.05) is 26.2 Å². The molecule has 23 heavy (non-hydrogen) atoms. The fourth-order valence-electron chi connectivity index (χ4n) is 4.67. The van der Waals surface area contributed by atoms with Crippen LogP contribution in [0.15, 0.2) is 0 Å². The molecular weight excluding hydrogens is 288 g/mol. The van der Waals surface area contributed by atoms with E-state index in [9.17, 15) is 4.79 Å². The number of fused-ring (bicyclic) bond motifs is 2. The predicted octanol–water partition coefficient (Wildman–Crippen LogP) is 1.84. The molecule has 1 amide bonds. The van der Waals surface area contributed by atoms with Gasteiger partial charge in [0.1, 0.15) is 6.42 Å². The molecule has 0 aliphatic carbocycles. The van der Waals surface area contributed by atoms with E-state index in [0.717, 1.165) is 25.9 Å². The fourth-order valence-corrected chi connectivity index (χ4v) is 4.67. The molecule has 0 spiro atoms. The molecular formula is C18H30N4O. The first kappa shape index (κ1) is 16.7. The van der Waals surface area contributed by atoms with E-state index >= 15 is 0 Å². The second-order valence-electron chi connectivity index (χ2n) is 8.35. The molecule has 2 unspecified atom stereocenters. The minimum Gasteiger partial charge on any atom is -0.342 e. The molecule has 3 aliphatic rings. The van der Waals surface area contributed by atoms with Crippen LogP contribution in [0.2, 0.25) is 0 Å². The number of piperazine rings is 1. The molecule has 3 heterocycles. The summed E-state index contributed by atoms with van der Waals surface area (Å²) in [5.41, 5.74) is 0.264. The quantitative estimate of drug-likeness (QED) is 0.779. The summed E-state index contributed by atoms with van der Waals surface area (Å²) in [6, 6.07) is 3.99. The molecule has 2 bridgehead atoms. The van der Waals surface area contributed by atoms with Crippen LogP contribution in [0, 0.1) is 11.3 Å². The van der Waals surface area contributed by atoms with E-state index in [0.29, 0.717) is 18.1 Å². The van der Waals surface area contributed by atoms with Gasteiger partial charge in [-0.25, -0.2) is 0 Å². The molecule has 0 aromatic heterocycles. The Labute approximate surface area is 140 Å². The summed E-state index contributed by atoms with van der Waals surface area (Å²) in [6.45, 7) is 11.0. The van der Waals surface area contributed by atoms with E-state index in [1.165, 1.54) is 25.9 Å². The van der Waals surface area contributed by atoms with E-state index < -0.39 is 0 Å². The summed E-state index contributed by atoms with van der Waals surface area (Å²) in [4.78, 5) is 19.2. The van der Waals surface area contributed by atoms with Gasteiger partial charge in [0.25, 0.3) is 0 Å². The highest BCUT2D eigenvalue weighted by Crippen LogP contribution is 2.37. The van der Waals surface area contributed by atoms with Crippen molar-refractivity contribution in [3.8, 4) is 6.07 Å². The highest BCUT2D eigenvalue weighted by molar-refractivity contribution is 5.78. The molecule has 3 aliphatic heterocycles. The summed E-state index contributed by atoms with van der Waals surface area (Å²) < 4.78 is 0. The number of hydrogen-bond donors (Lipinski definition) is 0. The zero-order valence-corrected chi connectivity index (χ0v) is 14.8. The zero-order valence-electron chi connectivity index (χ0n) is 14.8. The number of nitrogens with zero attached hydrogens (tertiary/aromatic N) is 4. The van der Waals surface area contributed by atoms with Crippen molar-refractivity contribution in [2.24, 2.45) is 0 Å². The first-order valence-corrected chi connectivity index (χ1v) is 9.07. The Morgan fingerprint density at radius 2 is 1.61 bits per heavy atom. The average Bonchev–Trinajstić information content (AvgIpc) is 2.76. The van der Waals surface area contributed by atoms with Crippen LogP contribution in [-0.2, 0) is 4.79 Å². The number of carbonyl (C=O) groups is 1. The summed E-state index contributed by atoms with van der Waals surface area (Å²) in [5, 5.41) is 8.68. The van der Waals surface area contributed by atoms with Crippen molar-refractivity contribution in [1.29, 1.82) is 5.26 Å². The lowest BCUT2D eigenvalue weighted by Crippen LogP contribution is -2.62. The Morgan fingerprint density at radius 3 is 2.09 bits per heavy atom. The van der Waals surface area contributed by atoms with Gasteiger partial charge in [0.05, 0.1) is 6.07 Å². The van der Waals surface area contributed by atoms with Gasteiger partial charge < -0.3 is 4.90 Å². The van der Waals surface area contributed by atoms with Crippen LogP contribution < -0.4 is 0 Å². The van der Waals surface area contributed by atoms with Gasteiger partial charge >= 0.3 is 0 Å². The van der Waals surface area contributed by atoms with E-state index in [-0.39, 0.29) is 17.9 Å². The Balaban J connectivity index is 1.58. The van der Waals surface area contributed by atoms with Crippen LogP contribution in [0.4, 0.5) is 0 Å². The van der Waals surface area contributed by atoms with E-state index in [1.807, 2.05) is 11.0 Å². The van der Waals surface area contributed by atoms with Crippen LogP contribution in [-0.4, -0.2) is 70.5 Å². The number of amides is 1. The number of nitriles is 1. The number of piperidine rings is 1. The molecule has 0 saturated carbocycles. The smallest absolute Gasteiger partial charge is 0.236 e. The monoisotopic (exact) mass is 318 g/mol. The molecule has 2 atom stereocenters. The second-order valence-corrected chi connectivity index (χ2v) is 8.35. The van der Waals surface area contributed by atoms with Crippen molar-refractivity contribution in [3.05, 3.63) is 0 Å². The predicted molar refractivity (Wildman–Crippen MR) is 89.8 cm³/mol. The lowest BCUT2D eigenvalue weighted by Gasteiger charge is -2.50. The first-order valence-electron chi connectivity index (χ1n) is 9.07. The van der Waals surface area contributed by atoms with Crippen molar-refractivity contribution in [3.63, 3.8) is 0 Å². The van der Waals surface area contributed by atoms with Crippen LogP contribution in [0.3, 0.4) is 0 Å². The molecule has 128 valence electrons. The van der Waals surface area contributed by atoms with Crippen molar-refractivity contribution in [2.45, 2.75) is 76.5 Å². The highest BCUT2D eigenvalue weighted by Gasteiger charge is 2.45. The number of likely N-dealkylation sites (tertiary alicyclic amines) is 2. The maximum atomic E-state index is 11.9. The van der Waals surface area contributed by atoms with E-state index in [2.05, 4.69) is 30.6 Å². The maximum absolute atomic E-state index is 11.9. The first-order chi connectivity index (χ1) is 10.9. The molecule has 0 aromatic rings. The largest absolute Gasteiger partial charge is 0.342 e. The Hall–Kier alpha value is -1.12. The van der Waals surface area contributed by atoms with Crippen LogP contribution in [0.1, 0.15) is 52.9 Å². The van der Waals surface area contributed by atoms with Crippen LogP contribution >= 0.6 is 0 Å². The third-order valence-electron chi connectivity index (χ3n) is 5.96. The minimum atomic E-state index is 0.00599. The summed E-state index contributed by atoms with van der Waals surface area (Å²) in [7, 11) is 0. The van der Waals surface area contributed by atoms with Gasteiger partial charge in [0.2, 0.25) is 5.91 Å². The SMILES string of the molecule is CC(C)(C)N1CC2CCC(C1)N2C1CCN(C(=O)CC#N)CC1. The summed E-state index contributed by atoms with van der Waals surface area (Å²) in [5.74, 6) is 0.00599. The molecule has 3 rings (SSSR count). The molecule has 0 radical (unpaired) electrons. The second kappa shape index (κ2) is 6.41. The van der Waals surface area contributed by atoms with E-state index in [4.69, 9.17) is 5.26 Å². The Kier molecular flexibility index (Phi) is 4.66. The molecule has 5 nitrogen and oxygen atoms in total. The van der Waals surface area contributed by atoms with E-state index in [1.54, 1.807) is 0 Å². The fraction of sp³-hybridized carbons (Fsp3) is 0.889. The van der Waals surface area contributed by atoms with Gasteiger partial charge in [-0.15, -0.1) is 0 Å². The Bertz CT molecular complexity index is 470.